The van der Waals surface area contributed by atoms with E-state index in [1.807, 2.05) is 6.92 Å². The number of hydrogen-bond acceptors (Lipinski definition) is 3. The molecule has 0 aromatic carbocycles. The van der Waals surface area contributed by atoms with Gasteiger partial charge in [0.2, 0.25) is 5.91 Å². The molecule has 0 bridgehead atoms. The van der Waals surface area contributed by atoms with Crippen LogP contribution in [0.5, 0.6) is 0 Å². The minimum Gasteiger partial charge on any atom is -0.388 e. The molecule has 94 valence electrons. The minimum atomic E-state index is -0.670. The van der Waals surface area contributed by atoms with Gasteiger partial charge in [0.1, 0.15) is 0 Å². The Morgan fingerprint density at radius 1 is 1.50 bits per heavy atom. The van der Waals surface area contributed by atoms with Crippen molar-refractivity contribution < 1.29 is 9.90 Å². The average Bonchev–Trinajstić information content (AvgIpc) is 2.64. The van der Waals surface area contributed by atoms with E-state index < -0.39 is 11.6 Å². The Kier molecular flexibility index (Phi) is 4.74. The SMILES string of the molecule is CCC[C@H](N)C(=O)N(C)CC1(O)CCCC1. The monoisotopic (exact) mass is 228 g/mol. The maximum Gasteiger partial charge on any atom is 0.239 e. The van der Waals surface area contributed by atoms with Crippen molar-refractivity contribution in [3.63, 3.8) is 0 Å². The van der Waals surface area contributed by atoms with E-state index in [9.17, 15) is 9.90 Å². The Hall–Kier alpha value is -0.610. The highest BCUT2D eigenvalue weighted by atomic mass is 16.3. The van der Waals surface area contributed by atoms with Gasteiger partial charge in [-0.25, -0.2) is 0 Å². The van der Waals surface area contributed by atoms with Gasteiger partial charge >= 0.3 is 0 Å². The van der Waals surface area contributed by atoms with Crippen molar-refractivity contribution in [3.8, 4) is 0 Å². The summed E-state index contributed by atoms with van der Waals surface area (Å²) in [6, 6.07) is -0.417. The zero-order valence-corrected chi connectivity index (χ0v) is 10.4. The number of aliphatic hydroxyl groups is 1. The maximum atomic E-state index is 11.9. The van der Waals surface area contributed by atoms with Crippen LogP contribution in [-0.2, 0) is 4.79 Å². The fraction of sp³-hybridized carbons (Fsp3) is 0.917. The van der Waals surface area contributed by atoms with E-state index in [1.54, 1.807) is 11.9 Å². The summed E-state index contributed by atoms with van der Waals surface area (Å²) in [6.45, 7) is 2.43. The predicted octanol–water partition coefficient (Wildman–Crippen LogP) is 0.877. The molecule has 0 spiro atoms. The molecule has 0 aliphatic heterocycles. The topological polar surface area (TPSA) is 66.6 Å². The van der Waals surface area contributed by atoms with Gasteiger partial charge < -0.3 is 15.7 Å². The second-order valence-corrected chi connectivity index (χ2v) is 5.02. The summed E-state index contributed by atoms with van der Waals surface area (Å²) in [5.74, 6) is -0.0535. The van der Waals surface area contributed by atoms with Crippen molar-refractivity contribution in [1.29, 1.82) is 0 Å². The first-order chi connectivity index (χ1) is 7.48. The molecule has 1 aliphatic rings. The molecule has 0 radical (unpaired) electrons. The molecule has 1 atom stereocenters. The highest BCUT2D eigenvalue weighted by Crippen LogP contribution is 2.29. The summed E-state index contributed by atoms with van der Waals surface area (Å²) in [7, 11) is 1.73. The van der Waals surface area contributed by atoms with E-state index in [2.05, 4.69) is 0 Å². The van der Waals surface area contributed by atoms with Crippen LogP contribution in [0.25, 0.3) is 0 Å². The first kappa shape index (κ1) is 13.5. The van der Waals surface area contributed by atoms with Crippen LogP contribution in [0.4, 0.5) is 0 Å². The molecular formula is C12H24N2O2. The van der Waals surface area contributed by atoms with E-state index in [-0.39, 0.29) is 5.91 Å². The molecule has 1 amide bonds. The fourth-order valence-electron chi connectivity index (χ4n) is 2.43. The van der Waals surface area contributed by atoms with Crippen LogP contribution in [0.2, 0.25) is 0 Å². The molecule has 1 aliphatic carbocycles. The van der Waals surface area contributed by atoms with Gasteiger partial charge in [0.15, 0.2) is 0 Å². The molecule has 0 aromatic heterocycles. The van der Waals surface area contributed by atoms with E-state index in [0.717, 1.165) is 32.1 Å². The first-order valence-electron chi connectivity index (χ1n) is 6.21. The van der Waals surface area contributed by atoms with Crippen molar-refractivity contribution in [3.05, 3.63) is 0 Å². The van der Waals surface area contributed by atoms with E-state index in [0.29, 0.717) is 13.0 Å². The molecule has 0 heterocycles. The van der Waals surface area contributed by atoms with E-state index in [1.165, 1.54) is 0 Å². The molecule has 1 rings (SSSR count). The number of nitrogens with two attached hydrogens (primary N) is 1. The average molecular weight is 228 g/mol. The molecule has 0 saturated heterocycles. The molecule has 1 saturated carbocycles. The van der Waals surface area contributed by atoms with Gasteiger partial charge in [-0.3, -0.25) is 4.79 Å². The van der Waals surface area contributed by atoms with Crippen LogP contribution in [0.3, 0.4) is 0 Å². The van der Waals surface area contributed by atoms with E-state index >= 15 is 0 Å². The van der Waals surface area contributed by atoms with Crippen molar-refractivity contribution in [2.24, 2.45) is 5.73 Å². The Labute approximate surface area is 97.8 Å². The van der Waals surface area contributed by atoms with Crippen molar-refractivity contribution in [2.75, 3.05) is 13.6 Å². The summed E-state index contributed by atoms with van der Waals surface area (Å²) in [5, 5.41) is 10.2. The lowest BCUT2D eigenvalue weighted by molar-refractivity contribution is -0.134. The number of carbonyl (C=O) groups excluding carboxylic acids is 1. The molecule has 4 nitrogen and oxygen atoms in total. The van der Waals surface area contributed by atoms with Crippen LogP contribution in [0.1, 0.15) is 45.4 Å². The lowest BCUT2D eigenvalue weighted by atomic mass is 10.0. The number of nitrogens with zero attached hydrogens (tertiary/aromatic N) is 1. The summed E-state index contributed by atoms with van der Waals surface area (Å²) in [4.78, 5) is 13.4. The lowest BCUT2D eigenvalue weighted by Crippen LogP contribution is -2.48. The highest BCUT2D eigenvalue weighted by molar-refractivity contribution is 5.81. The van der Waals surface area contributed by atoms with Gasteiger partial charge in [0, 0.05) is 13.6 Å². The minimum absolute atomic E-state index is 0.0535. The zero-order valence-electron chi connectivity index (χ0n) is 10.4. The van der Waals surface area contributed by atoms with Gasteiger partial charge in [0.25, 0.3) is 0 Å². The number of amides is 1. The Morgan fingerprint density at radius 2 is 2.06 bits per heavy atom. The standard InChI is InChI=1S/C12H24N2O2/c1-3-6-10(13)11(15)14(2)9-12(16)7-4-5-8-12/h10,16H,3-9,13H2,1-2H3/t10-/m0/s1. The lowest BCUT2D eigenvalue weighted by Gasteiger charge is -2.30. The predicted molar refractivity (Wildman–Crippen MR) is 63.9 cm³/mol. The van der Waals surface area contributed by atoms with Crippen LogP contribution >= 0.6 is 0 Å². The van der Waals surface area contributed by atoms with Crippen molar-refractivity contribution in [2.45, 2.75) is 57.1 Å². The van der Waals surface area contributed by atoms with Crippen LogP contribution in [-0.4, -0.2) is 41.1 Å². The molecule has 16 heavy (non-hydrogen) atoms. The largest absolute Gasteiger partial charge is 0.388 e. The van der Waals surface area contributed by atoms with E-state index in [4.69, 9.17) is 5.73 Å². The second kappa shape index (κ2) is 5.64. The molecule has 4 heteroatoms. The number of rotatable bonds is 5. The quantitative estimate of drug-likeness (QED) is 0.734. The molecule has 3 N–H and O–H groups in total. The summed E-state index contributed by atoms with van der Waals surface area (Å²) < 4.78 is 0. The number of likely N-dealkylation sites (N-methyl/N-ethyl adjacent to an activating group) is 1. The van der Waals surface area contributed by atoms with Crippen molar-refractivity contribution >= 4 is 5.91 Å². The Bertz CT molecular complexity index is 237. The van der Waals surface area contributed by atoms with Gasteiger partial charge in [-0.15, -0.1) is 0 Å². The normalized spacial score (nSPS) is 20.8. The summed E-state index contributed by atoms with van der Waals surface area (Å²) >= 11 is 0. The van der Waals surface area contributed by atoms with Crippen molar-refractivity contribution in [1.82, 2.24) is 4.90 Å². The maximum absolute atomic E-state index is 11.9. The summed E-state index contributed by atoms with van der Waals surface area (Å²) in [6.07, 6.45) is 5.33. The number of carbonyl (C=O) groups is 1. The fourth-order valence-corrected chi connectivity index (χ4v) is 2.43. The molecule has 0 unspecified atom stereocenters. The van der Waals surface area contributed by atoms with Gasteiger partial charge in [0.05, 0.1) is 11.6 Å². The van der Waals surface area contributed by atoms with Crippen LogP contribution in [0, 0.1) is 0 Å². The third kappa shape index (κ3) is 3.46. The highest BCUT2D eigenvalue weighted by Gasteiger charge is 2.34. The molecule has 1 fully saturated rings. The van der Waals surface area contributed by atoms with Gasteiger partial charge in [-0.1, -0.05) is 26.2 Å². The Morgan fingerprint density at radius 3 is 2.56 bits per heavy atom. The third-order valence-corrected chi connectivity index (χ3v) is 3.36. The van der Waals surface area contributed by atoms with Gasteiger partial charge in [-0.2, -0.15) is 0 Å². The summed E-state index contributed by atoms with van der Waals surface area (Å²) in [5.41, 5.74) is 5.10. The first-order valence-corrected chi connectivity index (χ1v) is 6.21. The smallest absolute Gasteiger partial charge is 0.239 e. The van der Waals surface area contributed by atoms with Crippen LogP contribution < -0.4 is 5.73 Å². The Balaban J connectivity index is 2.44. The van der Waals surface area contributed by atoms with Crippen LogP contribution in [0.15, 0.2) is 0 Å². The second-order valence-electron chi connectivity index (χ2n) is 5.02. The molecular weight excluding hydrogens is 204 g/mol. The number of hydrogen-bond donors (Lipinski definition) is 2. The van der Waals surface area contributed by atoms with Gasteiger partial charge in [-0.05, 0) is 19.3 Å². The zero-order chi connectivity index (χ0) is 12.2. The third-order valence-electron chi connectivity index (χ3n) is 3.36. The molecule has 0 aromatic rings.